The molecule has 0 amide bonds. The van der Waals surface area contributed by atoms with Gasteiger partial charge in [-0.25, -0.2) is 5.01 Å². The standard InChI is InChI=1S/C18H26N18/c1-5-11(2)8-6-7-9-12-26-33-36(30-12)16-21-13(23-27-16)10-14-24-28-18(29-25-14)35-15(19)22-17(31-35)34(4)32-20-3/h5H,6-10H2,1-4H3,(H2,19,22,31)(H,21,23,27)/b11-5+,32-20?. The molecule has 4 rings (SSSR count). The first-order valence-electron chi connectivity index (χ1n) is 11.1. The van der Waals surface area contributed by atoms with Gasteiger partial charge < -0.3 is 5.73 Å². The molecule has 0 radical (unpaired) electrons. The minimum atomic E-state index is 0.0481. The highest BCUT2D eigenvalue weighted by atomic mass is 15.6. The van der Waals surface area contributed by atoms with Crippen molar-refractivity contribution < 1.29 is 0 Å². The molecule has 3 N–H and O–H groups in total. The zero-order chi connectivity index (χ0) is 25.5. The summed E-state index contributed by atoms with van der Waals surface area (Å²) in [6.45, 7) is 4.18. The van der Waals surface area contributed by atoms with E-state index in [0.717, 1.165) is 25.7 Å². The molecular weight excluding hydrogens is 468 g/mol. The van der Waals surface area contributed by atoms with E-state index in [1.807, 2.05) is 6.92 Å². The van der Waals surface area contributed by atoms with Crippen molar-refractivity contribution in [3.63, 3.8) is 0 Å². The van der Waals surface area contributed by atoms with Gasteiger partial charge in [-0.15, -0.1) is 40.8 Å². The zero-order valence-corrected chi connectivity index (χ0v) is 20.3. The summed E-state index contributed by atoms with van der Waals surface area (Å²) in [6.07, 6.45) is 6.19. The van der Waals surface area contributed by atoms with Crippen LogP contribution in [0.3, 0.4) is 0 Å². The molecule has 0 fully saturated rings. The van der Waals surface area contributed by atoms with Gasteiger partial charge in [0.1, 0.15) is 5.82 Å². The second kappa shape index (κ2) is 11.1. The Morgan fingerprint density at radius 1 is 1.06 bits per heavy atom. The summed E-state index contributed by atoms with van der Waals surface area (Å²) >= 11 is 0. The number of nitrogens with zero attached hydrogens (tertiary/aromatic N) is 16. The van der Waals surface area contributed by atoms with E-state index in [1.165, 1.54) is 27.1 Å². The summed E-state index contributed by atoms with van der Waals surface area (Å²) < 4.78 is 1.20. The molecule has 0 aliphatic rings. The first kappa shape index (κ1) is 24.4. The molecule has 18 heteroatoms. The predicted octanol–water partition coefficient (Wildman–Crippen LogP) is 0.226. The van der Waals surface area contributed by atoms with Crippen molar-refractivity contribution >= 4 is 11.9 Å². The molecule has 188 valence electrons. The largest absolute Gasteiger partial charge is 0.368 e. The summed E-state index contributed by atoms with van der Waals surface area (Å²) in [5.41, 5.74) is 7.27. The summed E-state index contributed by atoms with van der Waals surface area (Å²) in [4.78, 5) is 9.74. The highest BCUT2D eigenvalue weighted by Crippen LogP contribution is 2.13. The molecule has 0 atom stereocenters. The second-order valence-electron chi connectivity index (χ2n) is 7.71. The molecule has 0 spiro atoms. The monoisotopic (exact) mass is 494 g/mol. The van der Waals surface area contributed by atoms with E-state index in [4.69, 9.17) is 5.73 Å². The number of aromatic amines is 1. The van der Waals surface area contributed by atoms with E-state index >= 15 is 0 Å². The van der Waals surface area contributed by atoms with E-state index in [0.29, 0.717) is 17.5 Å². The maximum atomic E-state index is 5.89. The lowest BCUT2D eigenvalue weighted by Crippen LogP contribution is -2.13. The van der Waals surface area contributed by atoms with Crippen molar-refractivity contribution in [2.45, 2.75) is 46.0 Å². The minimum absolute atomic E-state index is 0.0481. The Bertz CT molecular complexity index is 1330. The second-order valence-corrected chi connectivity index (χ2v) is 7.71. The van der Waals surface area contributed by atoms with Crippen LogP contribution in [0.2, 0.25) is 0 Å². The lowest BCUT2D eigenvalue weighted by Gasteiger charge is -2.03. The molecular formula is C18H26N18. The third-order valence-electron chi connectivity index (χ3n) is 5.03. The number of unbranched alkanes of at least 4 members (excludes halogenated alkanes) is 1. The SMILES string of the molecule is C/C=C(\C)CCCCc1nnn(-c2n[nH]c(Cc3nnc(-n4nc(N(C)N=NC)nc4N)nn3)n2)n1. The number of anilines is 2. The minimum Gasteiger partial charge on any atom is -0.368 e. The van der Waals surface area contributed by atoms with E-state index in [2.05, 4.69) is 84.4 Å². The molecule has 4 aromatic heterocycles. The van der Waals surface area contributed by atoms with Gasteiger partial charge in [0.25, 0.3) is 17.8 Å². The van der Waals surface area contributed by atoms with E-state index in [1.54, 1.807) is 7.05 Å². The molecule has 0 saturated heterocycles. The number of nitrogen functional groups attached to an aromatic ring is 1. The summed E-state index contributed by atoms with van der Waals surface area (Å²) in [5.74, 6) is 2.02. The summed E-state index contributed by atoms with van der Waals surface area (Å²) in [7, 11) is 3.15. The number of H-pyrrole nitrogens is 1. The van der Waals surface area contributed by atoms with Crippen LogP contribution in [0.1, 0.15) is 50.6 Å². The zero-order valence-electron chi connectivity index (χ0n) is 20.3. The molecule has 0 bridgehead atoms. The van der Waals surface area contributed by atoms with Gasteiger partial charge in [-0.3, -0.25) is 5.10 Å². The number of allylic oxidation sites excluding steroid dienone is 2. The summed E-state index contributed by atoms with van der Waals surface area (Å²) in [6, 6.07) is 0. The third-order valence-corrected chi connectivity index (χ3v) is 5.03. The van der Waals surface area contributed by atoms with Gasteiger partial charge in [-0.1, -0.05) is 21.7 Å². The fourth-order valence-electron chi connectivity index (χ4n) is 3.03. The van der Waals surface area contributed by atoms with Crippen LogP contribution in [0.15, 0.2) is 22.0 Å². The highest BCUT2D eigenvalue weighted by molar-refractivity contribution is 5.36. The molecule has 0 unspecified atom stereocenters. The van der Waals surface area contributed by atoms with Gasteiger partial charge in [0.2, 0.25) is 5.95 Å². The van der Waals surface area contributed by atoms with Crippen LogP contribution in [-0.4, -0.2) is 84.6 Å². The Labute approximate surface area is 205 Å². The number of hydrogen-bond acceptors (Lipinski definition) is 14. The van der Waals surface area contributed by atoms with Crippen LogP contribution in [0.4, 0.5) is 11.9 Å². The van der Waals surface area contributed by atoms with Crippen molar-refractivity contribution in [1.29, 1.82) is 0 Å². The van der Waals surface area contributed by atoms with E-state index < -0.39 is 0 Å². The Morgan fingerprint density at radius 2 is 1.86 bits per heavy atom. The molecule has 18 nitrogen and oxygen atoms in total. The van der Waals surface area contributed by atoms with Crippen LogP contribution in [0, 0.1) is 0 Å². The number of aromatic nitrogens is 14. The van der Waals surface area contributed by atoms with Crippen molar-refractivity contribution in [2.24, 2.45) is 10.3 Å². The average Bonchev–Trinajstić information content (AvgIpc) is 3.62. The quantitative estimate of drug-likeness (QED) is 0.123. The maximum absolute atomic E-state index is 5.89. The molecule has 0 aliphatic heterocycles. The molecule has 0 aromatic carbocycles. The third kappa shape index (κ3) is 5.83. The van der Waals surface area contributed by atoms with Crippen molar-refractivity contribution in [2.75, 3.05) is 24.8 Å². The molecule has 0 aliphatic carbocycles. The van der Waals surface area contributed by atoms with Gasteiger partial charge in [-0.05, 0) is 38.3 Å². The number of aryl methyl sites for hydroxylation is 1. The summed E-state index contributed by atoms with van der Waals surface area (Å²) in [5, 5.41) is 48.6. The maximum Gasteiger partial charge on any atom is 0.292 e. The molecule has 4 heterocycles. The Balaban J connectivity index is 1.36. The topological polar surface area (TPSA) is 221 Å². The van der Waals surface area contributed by atoms with Crippen LogP contribution >= 0.6 is 0 Å². The van der Waals surface area contributed by atoms with Crippen LogP contribution in [0.5, 0.6) is 0 Å². The molecule has 4 aromatic rings. The fraction of sp³-hybridized carbons (Fsp3) is 0.500. The highest BCUT2D eigenvalue weighted by Gasteiger charge is 2.16. The first-order valence-corrected chi connectivity index (χ1v) is 11.1. The molecule has 36 heavy (non-hydrogen) atoms. The van der Waals surface area contributed by atoms with Gasteiger partial charge in [0.15, 0.2) is 11.6 Å². The van der Waals surface area contributed by atoms with Gasteiger partial charge in [-0.2, -0.15) is 19.8 Å². The average molecular weight is 495 g/mol. The van der Waals surface area contributed by atoms with Crippen molar-refractivity contribution in [1.82, 2.24) is 70.5 Å². The smallest absolute Gasteiger partial charge is 0.292 e. The van der Waals surface area contributed by atoms with Crippen LogP contribution in [0.25, 0.3) is 11.9 Å². The van der Waals surface area contributed by atoms with Crippen molar-refractivity contribution in [3.8, 4) is 11.9 Å². The lowest BCUT2D eigenvalue weighted by atomic mass is 10.1. The fourth-order valence-corrected chi connectivity index (χ4v) is 3.03. The number of rotatable bonds is 11. The normalized spacial score (nSPS) is 12.1. The predicted molar refractivity (Wildman–Crippen MR) is 125 cm³/mol. The lowest BCUT2D eigenvalue weighted by molar-refractivity contribution is 0.671. The van der Waals surface area contributed by atoms with Gasteiger partial charge in [0.05, 0.1) is 13.5 Å². The Morgan fingerprint density at radius 3 is 2.61 bits per heavy atom. The number of nitrogens with one attached hydrogen (secondary N) is 1. The number of hydrogen-bond donors (Lipinski definition) is 2. The van der Waals surface area contributed by atoms with Crippen LogP contribution in [-0.2, 0) is 12.8 Å². The Hall–Kier alpha value is -4.77. The molecule has 0 saturated carbocycles. The number of nitrogens with two attached hydrogens (primary N) is 1. The number of tetrazole rings is 1. The van der Waals surface area contributed by atoms with Crippen LogP contribution < -0.4 is 10.7 Å². The van der Waals surface area contributed by atoms with E-state index in [-0.39, 0.29) is 30.2 Å². The van der Waals surface area contributed by atoms with E-state index in [9.17, 15) is 0 Å². The van der Waals surface area contributed by atoms with Gasteiger partial charge in [0, 0.05) is 13.5 Å². The van der Waals surface area contributed by atoms with Gasteiger partial charge >= 0.3 is 0 Å². The Kier molecular flexibility index (Phi) is 7.51. The van der Waals surface area contributed by atoms with Crippen molar-refractivity contribution in [3.05, 3.63) is 29.1 Å². The first-order chi connectivity index (χ1) is 17.5.